The molecule has 1 unspecified atom stereocenters. The zero-order valence-corrected chi connectivity index (χ0v) is 20.6. The number of benzene rings is 2. The summed E-state index contributed by atoms with van der Waals surface area (Å²) in [7, 11) is -4.03. The summed E-state index contributed by atoms with van der Waals surface area (Å²) < 4.78 is 71.0. The van der Waals surface area contributed by atoms with Crippen molar-refractivity contribution in [2.24, 2.45) is 0 Å². The van der Waals surface area contributed by atoms with Crippen LogP contribution in [0.3, 0.4) is 0 Å². The molecule has 1 fully saturated rings. The average Bonchev–Trinajstić information content (AvgIpc) is 2.83. The highest BCUT2D eigenvalue weighted by atomic mass is 32.2. The highest BCUT2D eigenvalue weighted by molar-refractivity contribution is 7.89. The van der Waals surface area contributed by atoms with Crippen molar-refractivity contribution >= 4 is 22.0 Å². The van der Waals surface area contributed by atoms with Gasteiger partial charge in [-0.1, -0.05) is 18.2 Å². The summed E-state index contributed by atoms with van der Waals surface area (Å²) in [4.78, 5) is 19.7. The number of β-amino-alcohol motifs (C(OH)–C–C–N with tert-alkyl or cyclic N) is 1. The van der Waals surface area contributed by atoms with Crippen LogP contribution in [0, 0.1) is 6.92 Å². The first-order chi connectivity index (χ1) is 17.2. The summed E-state index contributed by atoms with van der Waals surface area (Å²) in [5.74, 6) is -2.99. The van der Waals surface area contributed by atoms with Crippen molar-refractivity contribution in [2.75, 3.05) is 39.3 Å². The zero-order valence-electron chi connectivity index (χ0n) is 19.8. The lowest BCUT2D eigenvalue weighted by atomic mass is 10.2. The molecule has 3 rings (SSSR count). The Bertz CT molecular complexity index is 1170. The summed E-state index contributed by atoms with van der Waals surface area (Å²) in [5.41, 5.74) is 0.0500. The van der Waals surface area contributed by atoms with Gasteiger partial charge in [0.25, 0.3) is 0 Å². The first-order valence-corrected chi connectivity index (χ1v) is 12.4. The number of aliphatic carboxylic acids is 2. The lowest BCUT2D eigenvalue weighted by Gasteiger charge is -2.34. The molecule has 1 saturated heterocycles. The molecule has 1 aliphatic rings. The number of alkyl halides is 3. The van der Waals surface area contributed by atoms with Crippen LogP contribution < -0.4 is 4.74 Å². The molecule has 14 heteroatoms. The molecule has 2 aromatic rings. The molecule has 1 atom stereocenters. The van der Waals surface area contributed by atoms with E-state index in [9.17, 15) is 26.7 Å². The number of aryl methyl sites for hydroxylation is 1. The van der Waals surface area contributed by atoms with Gasteiger partial charge in [0.05, 0.1) is 10.5 Å². The summed E-state index contributed by atoms with van der Waals surface area (Å²) in [6.45, 7) is 3.33. The highest BCUT2D eigenvalue weighted by Gasteiger charge is 2.34. The van der Waals surface area contributed by atoms with Crippen LogP contribution in [0.2, 0.25) is 0 Å². The van der Waals surface area contributed by atoms with Crippen molar-refractivity contribution in [2.45, 2.75) is 24.1 Å². The van der Waals surface area contributed by atoms with Gasteiger partial charge in [-0.05, 0) is 42.8 Å². The number of carboxylic acids is 2. The predicted molar refractivity (Wildman–Crippen MR) is 125 cm³/mol. The first-order valence-electron chi connectivity index (χ1n) is 10.9. The number of rotatable bonds is 7. The van der Waals surface area contributed by atoms with Crippen LogP contribution in [-0.2, 0) is 25.8 Å². The number of piperazine rings is 1. The van der Waals surface area contributed by atoms with Gasteiger partial charge in [-0.15, -0.1) is 0 Å². The van der Waals surface area contributed by atoms with Gasteiger partial charge in [0.1, 0.15) is 18.5 Å². The van der Waals surface area contributed by atoms with Crippen molar-refractivity contribution in [1.82, 2.24) is 9.21 Å². The molecule has 37 heavy (non-hydrogen) atoms. The Hall–Kier alpha value is -3.20. The Labute approximate surface area is 211 Å². The van der Waals surface area contributed by atoms with Gasteiger partial charge in [0, 0.05) is 32.7 Å². The number of carbonyl (C=O) groups is 2. The maximum atomic E-state index is 12.9. The van der Waals surface area contributed by atoms with Crippen molar-refractivity contribution in [1.29, 1.82) is 0 Å². The molecule has 0 spiro atoms. The molecule has 0 aliphatic carbocycles. The summed E-state index contributed by atoms with van der Waals surface area (Å²) in [6.07, 6.45) is -5.37. The minimum absolute atomic E-state index is 0.103. The second kappa shape index (κ2) is 12.9. The van der Waals surface area contributed by atoms with E-state index in [1.165, 1.54) is 10.4 Å². The third-order valence-corrected chi connectivity index (χ3v) is 7.11. The number of sulfonamides is 1. The maximum absolute atomic E-state index is 12.9. The second-order valence-electron chi connectivity index (χ2n) is 8.12. The van der Waals surface area contributed by atoms with Gasteiger partial charge in [-0.25, -0.2) is 18.0 Å². The smallest absolute Gasteiger partial charge is 0.416 e. The third kappa shape index (κ3) is 9.31. The Morgan fingerprint density at radius 1 is 1.00 bits per heavy atom. The van der Waals surface area contributed by atoms with E-state index in [0.717, 1.165) is 17.7 Å². The second-order valence-corrected chi connectivity index (χ2v) is 10.1. The van der Waals surface area contributed by atoms with E-state index in [4.69, 9.17) is 24.5 Å². The van der Waals surface area contributed by atoms with Gasteiger partial charge in [-0.3, -0.25) is 4.90 Å². The molecule has 204 valence electrons. The minimum Gasteiger partial charge on any atom is -0.491 e. The largest absolute Gasteiger partial charge is 0.491 e. The third-order valence-electron chi connectivity index (χ3n) is 5.21. The van der Waals surface area contributed by atoms with Crippen LogP contribution in [-0.4, -0.2) is 90.3 Å². The summed E-state index contributed by atoms with van der Waals surface area (Å²) in [5, 5.41) is 25.0. The number of halogens is 3. The van der Waals surface area contributed by atoms with Crippen molar-refractivity contribution in [3.8, 4) is 5.75 Å². The fraction of sp³-hybridized carbons (Fsp3) is 0.391. The van der Waals surface area contributed by atoms with Crippen LogP contribution >= 0.6 is 0 Å². The molecule has 3 N–H and O–H groups in total. The topological polar surface area (TPSA) is 145 Å². The summed E-state index contributed by atoms with van der Waals surface area (Å²) >= 11 is 0. The molecule has 1 heterocycles. The number of carboxylic acid groups (broad SMARTS) is 2. The molecule has 0 amide bonds. The van der Waals surface area contributed by atoms with Gasteiger partial charge in [0.15, 0.2) is 0 Å². The van der Waals surface area contributed by atoms with E-state index in [-0.39, 0.29) is 24.6 Å². The van der Waals surface area contributed by atoms with E-state index >= 15 is 0 Å². The number of ether oxygens (including phenoxy) is 1. The van der Waals surface area contributed by atoms with Gasteiger partial charge in [-0.2, -0.15) is 17.5 Å². The van der Waals surface area contributed by atoms with Crippen LogP contribution in [0.5, 0.6) is 5.75 Å². The first kappa shape index (κ1) is 30.0. The van der Waals surface area contributed by atoms with Crippen molar-refractivity contribution in [3.63, 3.8) is 0 Å². The zero-order chi connectivity index (χ0) is 27.8. The van der Waals surface area contributed by atoms with Gasteiger partial charge >= 0.3 is 18.1 Å². The fourth-order valence-corrected chi connectivity index (χ4v) is 4.85. The summed E-state index contributed by atoms with van der Waals surface area (Å²) in [6, 6.07) is 11.2. The van der Waals surface area contributed by atoms with E-state index < -0.39 is 39.8 Å². The SMILES string of the molecule is Cc1cccc(OCC(O)CN2CCN(S(=O)(=O)c3cccc(C(F)(F)F)c3)CC2)c1.O=C(O)C(=O)O. The molecule has 2 aromatic carbocycles. The van der Waals surface area contributed by atoms with Crippen LogP contribution in [0.15, 0.2) is 53.4 Å². The molecule has 0 saturated carbocycles. The molecule has 10 nitrogen and oxygen atoms in total. The molecule has 1 aliphatic heterocycles. The Morgan fingerprint density at radius 3 is 2.14 bits per heavy atom. The number of nitrogens with zero attached hydrogens (tertiary/aromatic N) is 2. The van der Waals surface area contributed by atoms with Crippen molar-refractivity contribution < 1.29 is 51.2 Å². The Balaban J connectivity index is 0.000000717. The average molecular weight is 549 g/mol. The Morgan fingerprint density at radius 2 is 1.59 bits per heavy atom. The lowest BCUT2D eigenvalue weighted by molar-refractivity contribution is -0.159. The predicted octanol–water partition coefficient (Wildman–Crippen LogP) is 1.92. The normalized spacial score (nSPS) is 15.8. The van der Waals surface area contributed by atoms with Gasteiger partial charge < -0.3 is 20.1 Å². The monoisotopic (exact) mass is 548 g/mol. The molecular weight excluding hydrogens is 521 g/mol. The Kier molecular flexibility index (Phi) is 10.4. The van der Waals surface area contributed by atoms with Crippen LogP contribution in [0.1, 0.15) is 11.1 Å². The van der Waals surface area contributed by atoms with E-state index in [0.29, 0.717) is 31.5 Å². The molecule has 0 bridgehead atoms. The lowest BCUT2D eigenvalue weighted by Crippen LogP contribution is -2.50. The van der Waals surface area contributed by atoms with E-state index in [1.54, 1.807) is 6.07 Å². The number of hydrogen-bond donors (Lipinski definition) is 3. The molecule has 0 aromatic heterocycles. The quantitative estimate of drug-likeness (QED) is 0.442. The van der Waals surface area contributed by atoms with Crippen molar-refractivity contribution in [3.05, 3.63) is 59.7 Å². The standard InChI is InChI=1S/C21H25F3N2O4S.C2H2O4/c1-16-4-2-6-19(12-16)30-15-18(27)14-25-8-10-26(11-9-25)31(28,29)20-7-3-5-17(13-20)21(22,23)24;3-1(4)2(5)6/h2-7,12-13,18,27H,8-11,14-15H2,1H3;(H,3,4)(H,5,6). The molecule has 0 radical (unpaired) electrons. The minimum atomic E-state index is -4.61. The van der Waals surface area contributed by atoms with Crippen LogP contribution in [0.4, 0.5) is 13.2 Å². The van der Waals surface area contributed by atoms with Gasteiger partial charge in [0.2, 0.25) is 10.0 Å². The van der Waals surface area contributed by atoms with E-state index in [1.807, 2.05) is 30.0 Å². The van der Waals surface area contributed by atoms with Crippen LogP contribution in [0.25, 0.3) is 0 Å². The number of aliphatic hydroxyl groups is 1. The number of hydrogen-bond acceptors (Lipinski definition) is 7. The molecular formula is C23H27F3N2O8S. The maximum Gasteiger partial charge on any atom is 0.416 e. The fourth-order valence-electron chi connectivity index (χ4n) is 3.38. The van der Waals surface area contributed by atoms with E-state index in [2.05, 4.69) is 0 Å². The highest BCUT2D eigenvalue weighted by Crippen LogP contribution is 2.31. The number of aliphatic hydroxyl groups excluding tert-OH is 1.